The first-order valence-corrected chi connectivity index (χ1v) is 9.67. The molecule has 4 nitrogen and oxygen atoms in total. The average molecular weight is 340 g/mol. The molecule has 1 saturated carbocycles. The van der Waals surface area contributed by atoms with Crippen LogP contribution >= 0.6 is 0 Å². The van der Waals surface area contributed by atoms with E-state index in [4.69, 9.17) is 5.73 Å². The summed E-state index contributed by atoms with van der Waals surface area (Å²) >= 11 is 0. The molecule has 0 unspecified atom stereocenters. The molecule has 0 aromatic heterocycles. The third kappa shape index (κ3) is 7.93. The number of rotatable bonds is 12. The van der Waals surface area contributed by atoms with Crippen molar-refractivity contribution in [1.29, 1.82) is 0 Å². The van der Waals surface area contributed by atoms with E-state index in [0.29, 0.717) is 6.42 Å². The van der Waals surface area contributed by atoms with Gasteiger partial charge in [0, 0.05) is 12.3 Å². The first-order valence-electron chi connectivity index (χ1n) is 9.67. The normalized spacial score (nSPS) is 29.0. The molecule has 0 bridgehead atoms. The van der Waals surface area contributed by atoms with Crippen molar-refractivity contribution < 1.29 is 15.3 Å². The number of unbranched alkanes of at least 4 members (excludes halogenated alkanes) is 4. The van der Waals surface area contributed by atoms with Gasteiger partial charge in [-0.25, -0.2) is 0 Å². The minimum Gasteiger partial charge on any atom is -0.393 e. The third-order valence-corrected chi connectivity index (χ3v) is 4.97. The van der Waals surface area contributed by atoms with Crippen LogP contribution in [0.2, 0.25) is 0 Å². The van der Waals surface area contributed by atoms with E-state index in [1.54, 1.807) is 6.08 Å². The molecule has 0 aromatic rings. The van der Waals surface area contributed by atoms with E-state index in [-0.39, 0.29) is 11.8 Å². The lowest BCUT2D eigenvalue weighted by atomic mass is 9.89. The maximum Gasteiger partial charge on any atom is 0.0721 e. The fourth-order valence-electron chi connectivity index (χ4n) is 3.44. The second-order valence-corrected chi connectivity index (χ2v) is 7.05. The summed E-state index contributed by atoms with van der Waals surface area (Å²) in [6, 6.07) is 0. The van der Waals surface area contributed by atoms with Gasteiger partial charge in [0.1, 0.15) is 0 Å². The van der Waals surface area contributed by atoms with Crippen molar-refractivity contribution in [1.82, 2.24) is 0 Å². The number of hydrogen-bond donors (Lipinski definition) is 4. The highest BCUT2D eigenvalue weighted by molar-refractivity contribution is 5.06. The second-order valence-electron chi connectivity index (χ2n) is 7.05. The minimum absolute atomic E-state index is 0.0323. The summed E-state index contributed by atoms with van der Waals surface area (Å²) in [5, 5.41) is 30.4. The van der Waals surface area contributed by atoms with E-state index < -0.39 is 18.3 Å². The SMILES string of the molecule is CCCCC[C@@H](O)/C=C/[C@@H]1[C@@H](C/C=C/CCCCN)[C@@H](O)C[C@H]1O. The molecule has 1 aliphatic carbocycles. The number of aliphatic hydroxyl groups excluding tert-OH is 3. The molecule has 0 amide bonds. The molecule has 0 aromatic carbocycles. The van der Waals surface area contributed by atoms with Crippen molar-refractivity contribution in [3.63, 3.8) is 0 Å². The van der Waals surface area contributed by atoms with Crippen molar-refractivity contribution in [3.8, 4) is 0 Å². The Morgan fingerprint density at radius 3 is 2.58 bits per heavy atom. The Labute approximate surface area is 147 Å². The summed E-state index contributed by atoms with van der Waals surface area (Å²) in [7, 11) is 0. The highest BCUT2D eigenvalue weighted by Gasteiger charge is 2.39. The molecule has 24 heavy (non-hydrogen) atoms. The molecule has 4 heteroatoms. The van der Waals surface area contributed by atoms with Gasteiger partial charge >= 0.3 is 0 Å². The molecule has 0 aliphatic heterocycles. The highest BCUT2D eigenvalue weighted by atomic mass is 16.3. The zero-order valence-corrected chi connectivity index (χ0v) is 15.2. The van der Waals surface area contributed by atoms with Crippen molar-refractivity contribution in [3.05, 3.63) is 24.3 Å². The lowest BCUT2D eigenvalue weighted by Gasteiger charge is -2.19. The van der Waals surface area contributed by atoms with E-state index in [2.05, 4.69) is 19.1 Å². The van der Waals surface area contributed by atoms with Gasteiger partial charge in [-0.2, -0.15) is 0 Å². The Morgan fingerprint density at radius 1 is 1.08 bits per heavy atom. The van der Waals surface area contributed by atoms with Crippen LogP contribution in [-0.4, -0.2) is 40.2 Å². The lowest BCUT2D eigenvalue weighted by molar-refractivity contribution is 0.120. The van der Waals surface area contributed by atoms with Gasteiger partial charge in [-0.3, -0.25) is 0 Å². The number of nitrogens with two attached hydrogens (primary N) is 1. The van der Waals surface area contributed by atoms with Crippen LogP contribution in [0.25, 0.3) is 0 Å². The van der Waals surface area contributed by atoms with Crippen molar-refractivity contribution in [2.75, 3.05) is 6.54 Å². The Morgan fingerprint density at radius 2 is 1.88 bits per heavy atom. The van der Waals surface area contributed by atoms with Gasteiger partial charge < -0.3 is 21.1 Å². The Balaban J connectivity index is 2.46. The predicted octanol–water partition coefficient (Wildman–Crippen LogP) is 2.92. The van der Waals surface area contributed by atoms with Crippen molar-refractivity contribution in [2.24, 2.45) is 17.6 Å². The maximum atomic E-state index is 10.2. The summed E-state index contributed by atoms with van der Waals surface area (Å²) in [4.78, 5) is 0. The second kappa shape index (κ2) is 12.6. The molecule has 5 N–H and O–H groups in total. The van der Waals surface area contributed by atoms with E-state index >= 15 is 0 Å². The fourth-order valence-corrected chi connectivity index (χ4v) is 3.44. The van der Waals surface area contributed by atoms with E-state index in [9.17, 15) is 15.3 Å². The fraction of sp³-hybridized carbons (Fsp3) is 0.800. The first-order chi connectivity index (χ1) is 11.6. The monoisotopic (exact) mass is 339 g/mol. The molecular weight excluding hydrogens is 302 g/mol. The highest BCUT2D eigenvalue weighted by Crippen LogP contribution is 2.36. The predicted molar refractivity (Wildman–Crippen MR) is 99.6 cm³/mol. The molecule has 0 saturated heterocycles. The van der Waals surface area contributed by atoms with Gasteiger partial charge in [0.05, 0.1) is 18.3 Å². The quantitative estimate of drug-likeness (QED) is 0.325. The maximum absolute atomic E-state index is 10.2. The van der Waals surface area contributed by atoms with Crippen LogP contribution < -0.4 is 5.73 Å². The van der Waals surface area contributed by atoms with Crippen LogP contribution in [-0.2, 0) is 0 Å². The minimum atomic E-state index is -0.519. The zero-order chi connectivity index (χ0) is 17.8. The van der Waals surface area contributed by atoms with E-state index in [1.807, 2.05) is 6.08 Å². The Kier molecular flexibility index (Phi) is 11.3. The van der Waals surface area contributed by atoms with Crippen LogP contribution in [0.15, 0.2) is 24.3 Å². The van der Waals surface area contributed by atoms with Crippen LogP contribution in [0.1, 0.15) is 64.7 Å². The number of aliphatic hydroxyl groups is 3. The van der Waals surface area contributed by atoms with Gasteiger partial charge in [0.15, 0.2) is 0 Å². The number of hydrogen-bond acceptors (Lipinski definition) is 4. The summed E-state index contributed by atoms with van der Waals surface area (Å²) in [6.45, 7) is 2.88. The third-order valence-electron chi connectivity index (χ3n) is 4.97. The van der Waals surface area contributed by atoms with Gasteiger partial charge in [-0.05, 0) is 44.6 Å². The Bertz CT molecular complexity index is 370. The van der Waals surface area contributed by atoms with Gasteiger partial charge in [-0.15, -0.1) is 0 Å². The van der Waals surface area contributed by atoms with Gasteiger partial charge in [0.25, 0.3) is 0 Å². The van der Waals surface area contributed by atoms with Crippen LogP contribution in [0.5, 0.6) is 0 Å². The largest absolute Gasteiger partial charge is 0.393 e. The molecule has 1 aliphatic rings. The average Bonchev–Trinajstić information content (AvgIpc) is 2.82. The summed E-state index contributed by atoms with van der Waals surface area (Å²) < 4.78 is 0. The zero-order valence-electron chi connectivity index (χ0n) is 15.2. The molecule has 1 fully saturated rings. The molecule has 140 valence electrons. The van der Waals surface area contributed by atoms with Crippen LogP contribution in [0.4, 0.5) is 0 Å². The van der Waals surface area contributed by atoms with E-state index in [0.717, 1.165) is 57.9 Å². The lowest BCUT2D eigenvalue weighted by Crippen LogP contribution is -2.20. The molecule has 0 heterocycles. The molecule has 1 rings (SSSR count). The standard InChI is InChI=1S/C20H37NO3/c1-2-3-7-10-16(22)12-13-18-17(19(23)15-20(18)24)11-8-5-4-6-9-14-21/h5,8,12-13,16-20,22-24H,2-4,6-7,9-11,14-15,21H2,1H3/b8-5+,13-12+/t16-,17-,18-,19+,20-/m1/s1. The molecule has 0 radical (unpaired) electrons. The van der Waals surface area contributed by atoms with Crippen molar-refractivity contribution >= 4 is 0 Å². The van der Waals surface area contributed by atoms with Crippen LogP contribution in [0.3, 0.4) is 0 Å². The van der Waals surface area contributed by atoms with Crippen molar-refractivity contribution in [2.45, 2.75) is 83.0 Å². The summed E-state index contributed by atoms with van der Waals surface area (Å²) in [6.07, 6.45) is 14.9. The molecule has 5 atom stereocenters. The van der Waals surface area contributed by atoms with E-state index in [1.165, 1.54) is 0 Å². The molecular formula is C20H37NO3. The summed E-state index contributed by atoms with van der Waals surface area (Å²) in [5.41, 5.74) is 5.48. The van der Waals surface area contributed by atoms with Gasteiger partial charge in [-0.1, -0.05) is 50.5 Å². The van der Waals surface area contributed by atoms with Gasteiger partial charge in [0.2, 0.25) is 0 Å². The topological polar surface area (TPSA) is 86.7 Å². The number of allylic oxidation sites excluding steroid dienone is 2. The van der Waals surface area contributed by atoms with Crippen LogP contribution in [0, 0.1) is 11.8 Å². The smallest absolute Gasteiger partial charge is 0.0721 e. The Hall–Kier alpha value is -0.680. The first kappa shape index (κ1) is 21.4. The summed E-state index contributed by atoms with van der Waals surface area (Å²) in [5.74, 6) is -0.0423. The molecule has 0 spiro atoms.